The Bertz CT molecular complexity index is 418. The number of aromatic nitrogens is 1. The summed E-state index contributed by atoms with van der Waals surface area (Å²) in [7, 11) is 0. The summed E-state index contributed by atoms with van der Waals surface area (Å²) < 4.78 is 49.5. The number of hydrogen-bond acceptors (Lipinski definition) is 4. The quantitative estimate of drug-likeness (QED) is 0.630. The Hall–Kier alpha value is -1.90. The Kier molecular flexibility index (Phi) is 5.04. The van der Waals surface area contributed by atoms with Crippen molar-refractivity contribution < 1.29 is 32.2 Å². The van der Waals surface area contributed by atoms with Crippen LogP contribution in [0.5, 0.6) is 5.75 Å². The van der Waals surface area contributed by atoms with Crippen LogP contribution in [0.2, 0.25) is 0 Å². The summed E-state index contributed by atoms with van der Waals surface area (Å²) in [6, 6.07) is 2.88. The molecule has 5 nitrogen and oxygen atoms in total. The average molecular weight is 282 g/mol. The van der Waals surface area contributed by atoms with Crippen LogP contribution in [0.1, 0.15) is 0 Å². The molecule has 1 aliphatic rings. The van der Waals surface area contributed by atoms with Gasteiger partial charge in [-0.25, -0.2) is 9.78 Å². The first kappa shape index (κ1) is 15.2. The molecule has 0 bridgehead atoms. The van der Waals surface area contributed by atoms with Gasteiger partial charge in [0.25, 0.3) is 0 Å². The van der Waals surface area contributed by atoms with Gasteiger partial charge in [0.1, 0.15) is 11.9 Å². The van der Waals surface area contributed by atoms with Crippen LogP contribution in [-0.2, 0) is 4.79 Å². The largest absolute Gasteiger partial charge is 0.490 e. The van der Waals surface area contributed by atoms with E-state index in [1.165, 1.54) is 12.3 Å². The van der Waals surface area contributed by atoms with Crippen LogP contribution in [0, 0.1) is 5.95 Å². The first-order valence-electron chi connectivity index (χ1n) is 5.08. The molecule has 2 rings (SSSR count). The molecule has 0 spiro atoms. The minimum Gasteiger partial charge on any atom is -0.486 e. The maximum absolute atomic E-state index is 12.3. The van der Waals surface area contributed by atoms with Crippen molar-refractivity contribution in [2.45, 2.75) is 12.3 Å². The standard InChI is InChI=1S/C8H9FN2O.C2HF3O2/c9-8-2-1-6(5-11-8)12-7-3-10-4-7;3-2(4,5)1(6)7/h1-2,5,7,10H,3-4H2;(H,6,7). The molecular formula is C10H10F4N2O3. The van der Waals surface area contributed by atoms with E-state index in [4.69, 9.17) is 14.6 Å². The number of ether oxygens (including phenoxy) is 1. The zero-order chi connectivity index (χ0) is 14.5. The third kappa shape index (κ3) is 5.51. The molecule has 1 aromatic rings. The molecule has 2 N–H and O–H groups in total. The molecule has 2 heterocycles. The number of carboxylic acids is 1. The van der Waals surface area contributed by atoms with E-state index in [0.29, 0.717) is 5.75 Å². The lowest BCUT2D eigenvalue weighted by atomic mass is 10.2. The van der Waals surface area contributed by atoms with Crippen molar-refractivity contribution in [2.24, 2.45) is 0 Å². The molecule has 9 heteroatoms. The Balaban J connectivity index is 0.000000224. The van der Waals surface area contributed by atoms with Crippen LogP contribution in [0.25, 0.3) is 0 Å². The third-order valence-electron chi connectivity index (χ3n) is 1.99. The minimum atomic E-state index is -5.08. The number of rotatable bonds is 2. The number of alkyl halides is 3. The summed E-state index contributed by atoms with van der Waals surface area (Å²) in [5.74, 6) is -2.61. The van der Waals surface area contributed by atoms with E-state index in [-0.39, 0.29) is 6.10 Å². The number of carboxylic acid groups (broad SMARTS) is 1. The maximum atomic E-state index is 12.3. The first-order chi connectivity index (χ1) is 8.79. The molecule has 19 heavy (non-hydrogen) atoms. The smallest absolute Gasteiger partial charge is 0.486 e. The minimum absolute atomic E-state index is 0.220. The zero-order valence-corrected chi connectivity index (χ0v) is 9.45. The lowest BCUT2D eigenvalue weighted by molar-refractivity contribution is -0.192. The summed E-state index contributed by atoms with van der Waals surface area (Å²) >= 11 is 0. The number of carbonyl (C=O) groups is 1. The summed E-state index contributed by atoms with van der Waals surface area (Å²) in [5.41, 5.74) is 0. The summed E-state index contributed by atoms with van der Waals surface area (Å²) in [6.07, 6.45) is -3.47. The van der Waals surface area contributed by atoms with E-state index < -0.39 is 18.1 Å². The van der Waals surface area contributed by atoms with Crippen LogP contribution < -0.4 is 10.1 Å². The van der Waals surface area contributed by atoms with Gasteiger partial charge >= 0.3 is 12.1 Å². The van der Waals surface area contributed by atoms with Crippen molar-refractivity contribution in [2.75, 3.05) is 13.1 Å². The van der Waals surface area contributed by atoms with Crippen LogP contribution >= 0.6 is 0 Å². The number of pyridine rings is 1. The van der Waals surface area contributed by atoms with Crippen molar-refractivity contribution in [1.82, 2.24) is 10.3 Å². The molecule has 0 aliphatic carbocycles. The van der Waals surface area contributed by atoms with E-state index in [9.17, 15) is 17.6 Å². The van der Waals surface area contributed by atoms with Gasteiger partial charge in [0.05, 0.1) is 6.20 Å². The monoisotopic (exact) mass is 282 g/mol. The normalized spacial score (nSPS) is 14.9. The van der Waals surface area contributed by atoms with Gasteiger partial charge in [-0.3, -0.25) is 0 Å². The molecule has 106 valence electrons. The second-order valence-electron chi connectivity index (χ2n) is 3.52. The highest BCUT2D eigenvalue weighted by Gasteiger charge is 2.38. The summed E-state index contributed by atoms with van der Waals surface area (Å²) in [5, 5.41) is 10.2. The number of nitrogens with one attached hydrogen (secondary N) is 1. The molecular weight excluding hydrogens is 272 g/mol. The lowest BCUT2D eigenvalue weighted by Gasteiger charge is -2.27. The van der Waals surface area contributed by atoms with Gasteiger partial charge in [-0.2, -0.15) is 17.6 Å². The molecule has 0 unspecified atom stereocenters. The predicted molar refractivity (Wildman–Crippen MR) is 55.2 cm³/mol. The topological polar surface area (TPSA) is 71.5 Å². The number of aliphatic carboxylic acids is 1. The van der Waals surface area contributed by atoms with Crippen molar-refractivity contribution in [3.05, 3.63) is 24.3 Å². The molecule has 1 saturated heterocycles. The SMILES string of the molecule is Fc1ccc(OC2CNC2)cn1.O=C(O)C(F)(F)F. The Morgan fingerprint density at radius 1 is 1.42 bits per heavy atom. The van der Waals surface area contributed by atoms with E-state index in [1.54, 1.807) is 6.07 Å². The number of halogens is 4. The Morgan fingerprint density at radius 2 is 2.00 bits per heavy atom. The van der Waals surface area contributed by atoms with Crippen LogP contribution in [0.3, 0.4) is 0 Å². The van der Waals surface area contributed by atoms with E-state index in [2.05, 4.69) is 10.3 Å². The first-order valence-corrected chi connectivity index (χ1v) is 5.08. The lowest BCUT2D eigenvalue weighted by Crippen LogP contribution is -2.50. The highest BCUT2D eigenvalue weighted by molar-refractivity contribution is 5.73. The molecule has 1 aromatic heterocycles. The van der Waals surface area contributed by atoms with Gasteiger partial charge in [0.15, 0.2) is 0 Å². The Labute approximate surface area is 105 Å². The van der Waals surface area contributed by atoms with Crippen molar-refractivity contribution in [3.8, 4) is 5.75 Å². The van der Waals surface area contributed by atoms with Crippen LogP contribution in [0.4, 0.5) is 17.6 Å². The van der Waals surface area contributed by atoms with E-state index in [0.717, 1.165) is 13.1 Å². The summed E-state index contributed by atoms with van der Waals surface area (Å²) in [6.45, 7) is 1.72. The fourth-order valence-electron chi connectivity index (χ4n) is 0.970. The van der Waals surface area contributed by atoms with Gasteiger partial charge < -0.3 is 15.2 Å². The highest BCUT2D eigenvalue weighted by Crippen LogP contribution is 2.13. The fraction of sp³-hybridized carbons (Fsp3) is 0.400. The van der Waals surface area contributed by atoms with Crippen molar-refractivity contribution in [1.29, 1.82) is 0 Å². The van der Waals surface area contributed by atoms with Gasteiger partial charge in [-0.1, -0.05) is 0 Å². The van der Waals surface area contributed by atoms with Gasteiger partial charge in [0.2, 0.25) is 5.95 Å². The molecule has 0 saturated carbocycles. The van der Waals surface area contributed by atoms with Crippen molar-refractivity contribution in [3.63, 3.8) is 0 Å². The highest BCUT2D eigenvalue weighted by atomic mass is 19.4. The molecule has 0 aromatic carbocycles. The average Bonchev–Trinajstić information content (AvgIpc) is 2.25. The van der Waals surface area contributed by atoms with E-state index in [1.807, 2.05) is 0 Å². The van der Waals surface area contributed by atoms with Gasteiger partial charge in [0, 0.05) is 13.1 Å². The molecule has 0 radical (unpaired) electrons. The zero-order valence-electron chi connectivity index (χ0n) is 9.45. The molecule has 1 aliphatic heterocycles. The summed E-state index contributed by atoms with van der Waals surface area (Å²) in [4.78, 5) is 12.4. The Morgan fingerprint density at radius 3 is 2.32 bits per heavy atom. The molecule has 1 fully saturated rings. The molecule has 0 atom stereocenters. The fourth-order valence-corrected chi connectivity index (χ4v) is 0.970. The third-order valence-corrected chi connectivity index (χ3v) is 1.99. The predicted octanol–water partition coefficient (Wildman–Crippen LogP) is 1.20. The van der Waals surface area contributed by atoms with Crippen LogP contribution in [0.15, 0.2) is 18.3 Å². The molecule has 0 amide bonds. The second-order valence-corrected chi connectivity index (χ2v) is 3.52. The van der Waals surface area contributed by atoms with Crippen molar-refractivity contribution >= 4 is 5.97 Å². The van der Waals surface area contributed by atoms with Crippen LogP contribution in [-0.4, -0.2) is 41.4 Å². The number of hydrogen-bond donors (Lipinski definition) is 2. The van der Waals surface area contributed by atoms with Gasteiger partial charge in [-0.15, -0.1) is 0 Å². The second kappa shape index (κ2) is 6.32. The maximum Gasteiger partial charge on any atom is 0.490 e. The number of nitrogens with zero attached hydrogens (tertiary/aromatic N) is 1. The van der Waals surface area contributed by atoms with E-state index >= 15 is 0 Å². The van der Waals surface area contributed by atoms with Gasteiger partial charge in [-0.05, 0) is 12.1 Å².